The molecular formula is C114H144O36. The Balaban J connectivity index is 0.952. The summed E-state index contributed by atoms with van der Waals surface area (Å²) >= 11 is 0. The Bertz CT molecular complexity index is 4280. The van der Waals surface area contributed by atoms with E-state index in [4.69, 9.17) is 114 Å². The third-order valence-corrected chi connectivity index (χ3v) is 25.8. The molecule has 0 N–H and O–H groups in total. The summed E-state index contributed by atoms with van der Waals surface area (Å²) < 4.78 is 149. The van der Waals surface area contributed by atoms with Crippen LogP contribution in [-0.2, 0) is 153 Å². The van der Waals surface area contributed by atoms with Crippen molar-refractivity contribution in [2.45, 2.75) is 270 Å². The fraction of sp³-hybridized carbons (Fsp3) is 0.579. The van der Waals surface area contributed by atoms with Crippen molar-refractivity contribution in [2.75, 3.05) is 159 Å². The minimum absolute atomic E-state index is 0.0268. The van der Waals surface area contributed by atoms with Crippen molar-refractivity contribution in [1.82, 2.24) is 0 Å². The molecule has 0 bridgehead atoms. The zero-order valence-corrected chi connectivity index (χ0v) is 86.3. The predicted molar refractivity (Wildman–Crippen MR) is 539 cm³/mol. The topological polar surface area (TPSA) is 426 Å². The molecule has 816 valence electrons. The Labute approximate surface area is 875 Å². The van der Waals surface area contributed by atoms with E-state index in [0.717, 1.165) is 66.8 Å². The summed E-state index contributed by atoms with van der Waals surface area (Å²) in [5.74, 6) is -2.22. The summed E-state index contributed by atoms with van der Waals surface area (Å²) in [6.07, 6.45) is 8.68. The van der Waals surface area contributed by atoms with Crippen LogP contribution in [0.5, 0.6) is 69.0 Å². The van der Waals surface area contributed by atoms with Crippen molar-refractivity contribution in [2.24, 2.45) is 0 Å². The second-order valence-corrected chi connectivity index (χ2v) is 37.8. The molecule has 0 unspecified atom stereocenters. The maximum atomic E-state index is 13.4. The van der Waals surface area contributed by atoms with Crippen molar-refractivity contribution in [3.63, 3.8) is 0 Å². The number of carbonyl (C=O) groups excluding carboxylic acids is 12. The van der Waals surface area contributed by atoms with E-state index in [2.05, 4.69) is 0 Å². The third-order valence-electron chi connectivity index (χ3n) is 25.8. The number of carbonyl (C=O) groups is 12. The van der Waals surface area contributed by atoms with E-state index in [0.29, 0.717) is 223 Å². The fourth-order valence-electron chi connectivity index (χ4n) is 17.4. The number of hydrogen-bond acceptors (Lipinski definition) is 36. The monoisotopic (exact) mass is 2090 g/mol. The summed E-state index contributed by atoms with van der Waals surface area (Å²) in [4.78, 5) is 160. The van der Waals surface area contributed by atoms with Gasteiger partial charge in [0, 0.05) is 0 Å². The van der Waals surface area contributed by atoms with Gasteiger partial charge in [0.15, 0.2) is 69.0 Å². The molecule has 150 heavy (non-hydrogen) atoms. The molecule has 36 nitrogen and oxygen atoms in total. The number of hydrogen-bond donors (Lipinski definition) is 0. The molecule has 0 atom stereocenters. The van der Waals surface area contributed by atoms with Gasteiger partial charge in [0.05, 0.1) is 236 Å². The van der Waals surface area contributed by atoms with Crippen molar-refractivity contribution in [1.29, 1.82) is 0 Å². The van der Waals surface area contributed by atoms with Crippen LogP contribution in [0.1, 0.15) is 298 Å². The average Bonchev–Trinajstić information content (AvgIpc) is 1.62. The molecule has 0 fully saturated rings. The highest BCUT2D eigenvalue weighted by Crippen LogP contribution is 2.46. The first-order chi connectivity index (χ1) is 73.3. The van der Waals surface area contributed by atoms with Crippen molar-refractivity contribution < 1.29 is 171 Å². The summed E-state index contributed by atoms with van der Waals surface area (Å²) in [6, 6.07) is 23.3. The molecule has 0 saturated heterocycles. The minimum atomic E-state index is -0.573. The number of cyclic esters (lactones) is 12. The zero-order chi connectivity index (χ0) is 105. The summed E-state index contributed by atoms with van der Waals surface area (Å²) in [5.41, 5.74) is 9.83. The van der Waals surface area contributed by atoms with Gasteiger partial charge >= 0.3 is 71.6 Å². The van der Waals surface area contributed by atoms with Crippen molar-refractivity contribution >= 4 is 71.6 Å². The molecule has 2 aliphatic carbocycles. The third kappa shape index (κ3) is 40.1. The van der Waals surface area contributed by atoms with Gasteiger partial charge in [-0.2, -0.15) is 0 Å². The number of rotatable bonds is 0. The van der Waals surface area contributed by atoms with Crippen LogP contribution < -0.4 is 56.8 Å². The standard InChI is InChI=1S/C114H144O36/c115-103-25-26-104(116)140-51-15-3-40-133-97-73-85-64-87-75-99-101-77-89(87)66-90-78-102-100-76-88(90)65-86(85)74-98(97)134-44-8-20-56-143-106(118)28-27-105(117)141-50-14-2-38-128-92-68-80-62-82-70-94(130-41-5-17-53-144-108(120)31-33-112(124)148-58-22-10-46-136-100)96(132-43-7-19-55-146-110(122)35-36-114(126)150-60-24-12-48-138-102)72-84(82)63-83-71-95(131-42-6-18-54-145-109(121)32-34-113(125)149-59-23-11-47-137-101)93(69-81(83)61-79(80)67-91(92)127-37-1-13-49-139-103)129-39-4-16-52-142-107(119)29-30-111(123)147-57-21-9-45-135-99/h67-78H,1-66H2. The molecule has 3 heterocycles. The van der Waals surface area contributed by atoms with Crippen molar-refractivity contribution in [3.05, 3.63) is 140 Å². The van der Waals surface area contributed by atoms with Gasteiger partial charge in [0.25, 0.3) is 0 Å². The lowest BCUT2D eigenvalue weighted by molar-refractivity contribution is -0.150. The summed E-state index contributed by atoms with van der Waals surface area (Å²) in [5, 5.41) is 0. The fourth-order valence-corrected chi connectivity index (χ4v) is 17.4. The van der Waals surface area contributed by atoms with Crippen LogP contribution in [0, 0.1) is 0 Å². The smallest absolute Gasteiger partial charge is 0.306 e. The normalized spacial score (nSPS) is 19.7. The van der Waals surface area contributed by atoms with Gasteiger partial charge in [-0.15, -0.1) is 0 Å². The Hall–Kier alpha value is -13.4. The number of fused-ring (bicyclic) bond motifs is 12. The molecule has 0 amide bonds. The molecule has 3 aliphatic heterocycles. The second kappa shape index (κ2) is 63.5. The van der Waals surface area contributed by atoms with E-state index in [1.54, 1.807) is 0 Å². The first-order valence-electron chi connectivity index (χ1n) is 53.7. The van der Waals surface area contributed by atoms with Crippen LogP contribution in [0.4, 0.5) is 0 Å². The van der Waals surface area contributed by atoms with E-state index in [1.807, 2.05) is 72.8 Å². The average molecular weight is 2090 g/mol. The maximum absolute atomic E-state index is 13.4. The lowest BCUT2D eigenvalue weighted by Gasteiger charge is -2.20. The van der Waals surface area contributed by atoms with Crippen LogP contribution in [0.3, 0.4) is 0 Å². The van der Waals surface area contributed by atoms with Gasteiger partial charge in [-0.05, 0) is 332 Å². The minimum Gasteiger partial charge on any atom is -0.490 e. The van der Waals surface area contributed by atoms with E-state index in [1.165, 1.54) is 0 Å². The van der Waals surface area contributed by atoms with E-state index < -0.39 is 71.6 Å². The van der Waals surface area contributed by atoms with Gasteiger partial charge in [-0.1, -0.05) is 0 Å². The van der Waals surface area contributed by atoms with E-state index in [9.17, 15) is 57.5 Å². The summed E-state index contributed by atoms with van der Waals surface area (Å²) in [7, 11) is 0. The van der Waals surface area contributed by atoms with E-state index in [-0.39, 0.29) is 274 Å². The van der Waals surface area contributed by atoms with Gasteiger partial charge in [0.1, 0.15) is 0 Å². The van der Waals surface area contributed by atoms with Crippen LogP contribution in [0.15, 0.2) is 72.8 Å². The zero-order valence-electron chi connectivity index (χ0n) is 86.3. The van der Waals surface area contributed by atoms with Gasteiger partial charge in [-0.25, -0.2) is 0 Å². The lowest BCUT2D eigenvalue weighted by Crippen LogP contribution is -2.13. The maximum Gasteiger partial charge on any atom is 0.306 e. The molecule has 0 aromatic heterocycles. The van der Waals surface area contributed by atoms with E-state index >= 15 is 0 Å². The Morgan fingerprint density at radius 1 is 0.100 bits per heavy atom. The van der Waals surface area contributed by atoms with Crippen LogP contribution >= 0.6 is 0 Å². The molecule has 6 aromatic rings. The Kier molecular flexibility index (Phi) is 48.2. The molecule has 0 saturated carbocycles. The molecular weight excluding hydrogens is 1950 g/mol. The van der Waals surface area contributed by atoms with Gasteiger partial charge in [-0.3, -0.25) is 57.5 Å². The Morgan fingerprint density at radius 3 is 0.240 bits per heavy atom. The number of esters is 12. The number of benzene rings is 6. The lowest BCUT2D eigenvalue weighted by atomic mass is 9.94. The predicted octanol–water partition coefficient (Wildman–Crippen LogP) is 16.7. The number of ether oxygens (including phenoxy) is 24. The van der Waals surface area contributed by atoms with Crippen molar-refractivity contribution in [3.8, 4) is 69.0 Å². The van der Waals surface area contributed by atoms with Crippen LogP contribution in [0.2, 0.25) is 0 Å². The second-order valence-electron chi connectivity index (χ2n) is 37.8. The quantitative estimate of drug-likeness (QED) is 0.100. The molecule has 6 aromatic carbocycles. The summed E-state index contributed by atoms with van der Waals surface area (Å²) in [6.45, 7) is 1.98. The first-order valence-corrected chi connectivity index (χ1v) is 53.7. The molecule has 5 aliphatic rings. The highest BCUT2D eigenvalue weighted by Gasteiger charge is 2.30. The molecule has 36 heteroatoms. The highest BCUT2D eigenvalue weighted by molar-refractivity contribution is 5.81. The first kappa shape index (κ1) is 114. The van der Waals surface area contributed by atoms with Gasteiger partial charge in [0.2, 0.25) is 0 Å². The SMILES string of the molecule is O=C1CCC(=O)OCCCCOc2cc3c4cc2OCCCCOC(=O)CCC(=O)OCCCCOc2cc5c(cc2OCCCCO1)Cc1cc2c6cc1Cc1cc7c(cc1C5)OCCCCOC(=O)CCC(=O)OCCCCOc1cc(c(cc1OCCCCOC(=O)CCC(=O)OCCCCO7)Cc1cc(c(cc1C3)OCCCCOC(=O)CCC(=O)OCCCCO2)OCCCCOC(=O)CCC(=O)OCCCCO6)C4. The van der Waals surface area contributed by atoms with Crippen LogP contribution in [-0.4, -0.2) is 230 Å². The van der Waals surface area contributed by atoms with Crippen LogP contribution in [0.25, 0.3) is 0 Å². The molecule has 0 radical (unpaired) electrons. The Morgan fingerprint density at radius 2 is 0.167 bits per heavy atom. The van der Waals surface area contributed by atoms with Gasteiger partial charge < -0.3 is 114 Å². The highest BCUT2D eigenvalue weighted by atomic mass is 16.6. The largest absolute Gasteiger partial charge is 0.490 e. The molecule has 0 spiro atoms. The molecule has 11 rings (SSSR count).